The zero-order chi connectivity index (χ0) is 11.3. The van der Waals surface area contributed by atoms with Gasteiger partial charge in [0.1, 0.15) is 17.1 Å². The molecule has 1 aromatic rings. The summed E-state index contributed by atoms with van der Waals surface area (Å²) < 4.78 is 17.9. The van der Waals surface area contributed by atoms with Gasteiger partial charge in [-0.1, -0.05) is 0 Å². The first-order chi connectivity index (χ1) is 7.15. The Morgan fingerprint density at radius 3 is 2.87 bits per heavy atom. The number of hydrogen-bond donors (Lipinski definition) is 2. The Labute approximate surface area is 86.5 Å². The predicted molar refractivity (Wildman–Crippen MR) is 52.5 cm³/mol. The molecule has 0 saturated heterocycles. The molecule has 0 aliphatic carbocycles. The molecular weight excluding hydrogens is 201 g/mol. The van der Waals surface area contributed by atoms with Crippen molar-refractivity contribution in [1.82, 2.24) is 0 Å². The first-order valence-corrected chi connectivity index (χ1v) is 4.51. The zero-order valence-corrected chi connectivity index (χ0v) is 8.07. The average Bonchev–Trinajstić information content (AvgIpc) is 2.18. The smallest absolute Gasteiger partial charge is 0.339 e. The van der Waals surface area contributed by atoms with Crippen LogP contribution < -0.4 is 10.5 Å². The highest BCUT2D eigenvalue weighted by Gasteiger charge is 2.11. The highest BCUT2D eigenvalue weighted by Crippen LogP contribution is 2.20. The maximum absolute atomic E-state index is 12.8. The Hall–Kier alpha value is -1.62. The first kappa shape index (κ1) is 11.5. The molecule has 0 aliphatic heterocycles. The third-order valence-electron chi connectivity index (χ3n) is 1.78. The van der Waals surface area contributed by atoms with E-state index < -0.39 is 11.8 Å². The van der Waals surface area contributed by atoms with Crippen LogP contribution in [0.25, 0.3) is 0 Å². The van der Waals surface area contributed by atoms with Gasteiger partial charge in [-0.25, -0.2) is 9.18 Å². The van der Waals surface area contributed by atoms with Crippen molar-refractivity contribution >= 4 is 5.97 Å². The molecule has 1 rings (SSSR count). The number of hydrogen-bond acceptors (Lipinski definition) is 3. The molecule has 0 unspecified atom stereocenters. The van der Waals surface area contributed by atoms with E-state index in [0.29, 0.717) is 13.0 Å². The van der Waals surface area contributed by atoms with Crippen LogP contribution >= 0.6 is 0 Å². The second-order valence-corrected chi connectivity index (χ2v) is 2.94. The highest BCUT2D eigenvalue weighted by molar-refractivity contribution is 5.90. The van der Waals surface area contributed by atoms with Crippen LogP contribution in [0, 0.1) is 5.82 Å². The van der Waals surface area contributed by atoms with Crippen LogP contribution in [0.15, 0.2) is 18.2 Å². The minimum absolute atomic E-state index is 0.0379. The number of carbonyl (C=O) groups is 1. The van der Waals surface area contributed by atoms with Crippen LogP contribution in [0.3, 0.4) is 0 Å². The van der Waals surface area contributed by atoms with Crippen molar-refractivity contribution in [2.45, 2.75) is 6.42 Å². The van der Waals surface area contributed by atoms with Gasteiger partial charge in [-0.05, 0) is 25.1 Å². The Bertz CT molecular complexity index is 355. The van der Waals surface area contributed by atoms with Crippen LogP contribution in [0.2, 0.25) is 0 Å². The predicted octanol–water partition coefficient (Wildman–Crippen LogP) is 1.25. The van der Waals surface area contributed by atoms with Gasteiger partial charge in [0.2, 0.25) is 0 Å². The molecule has 4 nitrogen and oxygen atoms in total. The summed E-state index contributed by atoms with van der Waals surface area (Å²) in [5, 5.41) is 8.79. The fraction of sp³-hybridized carbons (Fsp3) is 0.300. The minimum Gasteiger partial charge on any atom is -0.493 e. The molecule has 0 saturated carbocycles. The van der Waals surface area contributed by atoms with E-state index in [2.05, 4.69) is 0 Å². The monoisotopic (exact) mass is 213 g/mol. The van der Waals surface area contributed by atoms with E-state index in [4.69, 9.17) is 15.6 Å². The molecule has 0 atom stereocenters. The Balaban J connectivity index is 2.82. The number of halogens is 1. The molecule has 15 heavy (non-hydrogen) atoms. The maximum Gasteiger partial charge on any atom is 0.339 e. The number of carboxylic acids is 1. The molecule has 0 spiro atoms. The number of ether oxygens (including phenoxy) is 1. The molecule has 0 heterocycles. The number of rotatable bonds is 5. The Morgan fingerprint density at radius 2 is 2.27 bits per heavy atom. The summed E-state index contributed by atoms with van der Waals surface area (Å²) in [7, 11) is 0. The molecule has 0 fully saturated rings. The third-order valence-corrected chi connectivity index (χ3v) is 1.78. The van der Waals surface area contributed by atoms with E-state index in [1.807, 2.05) is 0 Å². The van der Waals surface area contributed by atoms with E-state index in [1.54, 1.807) is 0 Å². The molecule has 0 bridgehead atoms. The van der Waals surface area contributed by atoms with Gasteiger partial charge in [-0.15, -0.1) is 0 Å². The van der Waals surface area contributed by atoms with E-state index in [1.165, 1.54) is 6.07 Å². The fourth-order valence-corrected chi connectivity index (χ4v) is 1.06. The molecule has 82 valence electrons. The summed E-state index contributed by atoms with van der Waals surface area (Å²) in [6, 6.07) is 3.31. The summed E-state index contributed by atoms with van der Waals surface area (Å²) in [5.74, 6) is -1.63. The number of aromatic carboxylic acids is 1. The van der Waals surface area contributed by atoms with E-state index in [9.17, 15) is 9.18 Å². The zero-order valence-electron chi connectivity index (χ0n) is 8.07. The number of nitrogens with two attached hydrogens (primary N) is 1. The topological polar surface area (TPSA) is 72.5 Å². The van der Waals surface area contributed by atoms with Crippen molar-refractivity contribution in [1.29, 1.82) is 0 Å². The Kier molecular flexibility index (Phi) is 4.05. The van der Waals surface area contributed by atoms with Crippen molar-refractivity contribution in [3.05, 3.63) is 29.6 Å². The quantitative estimate of drug-likeness (QED) is 0.722. The van der Waals surface area contributed by atoms with E-state index in [0.717, 1.165) is 12.1 Å². The van der Waals surface area contributed by atoms with E-state index >= 15 is 0 Å². The molecule has 5 heteroatoms. The summed E-state index contributed by atoms with van der Waals surface area (Å²) in [4.78, 5) is 10.7. The number of benzene rings is 1. The van der Waals surface area contributed by atoms with Gasteiger partial charge in [0.25, 0.3) is 0 Å². The first-order valence-electron chi connectivity index (χ1n) is 4.51. The van der Waals surface area contributed by atoms with Crippen LogP contribution in [-0.4, -0.2) is 24.2 Å². The van der Waals surface area contributed by atoms with Crippen LogP contribution in [-0.2, 0) is 0 Å². The highest BCUT2D eigenvalue weighted by atomic mass is 19.1. The van der Waals surface area contributed by atoms with Gasteiger partial charge in [-0.3, -0.25) is 0 Å². The minimum atomic E-state index is -1.14. The van der Waals surface area contributed by atoms with Crippen molar-refractivity contribution in [2.24, 2.45) is 5.73 Å². The van der Waals surface area contributed by atoms with Gasteiger partial charge in [-0.2, -0.15) is 0 Å². The van der Waals surface area contributed by atoms with Gasteiger partial charge in [0.15, 0.2) is 0 Å². The summed E-state index contributed by atoms with van der Waals surface area (Å²) >= 11 is 0. The van der Waals surface area contributed by atoms with Crippen LogP contribution in [0.5, 0.6) is 5.75 Å². The lowest BCUT2D eigenvalue weighted by molar-refractivity contribution is 0.0692. The Morgan fingerprint density at radius 1 is 1.53 bits per heavy atom. The molecule has 0 aromatic heterocycles. The second-order valence-electron chi connectivity index (χ2n) is 2.94. The molecule has 1 aromatic carbocycles. The summed E-state index contributed by atoms with van der Waals surface area (Å²) in [6.07, 6.45) is 0.593. The van der Waals surface area contributed by atoms with Crippen molar-refractivity contribution in [3.8, 4) is 5.75 Å². The van der Waals surface area contributed by atoms with E-state index in [-0.39, 0.29) is 17.9 Å². The van der Waals surface area contributed by atoms with Gasteiger partial charge < -0.3 is 15.6 Å². The largest absolute Gasteiger partial charge is 0.493 e. The molecule has 0 amide bonds. The lowest BCUT2D eigenvalue weighted by atomic mass is 10.2. The number of carboxylic acid groups (broad SMARTS) is 1. The lowest BCUT2D eigenvalue weighted by Crippen LogP contribution is -2.09. The van der Waals surface area contributed by atoms with Crippen molar-refractivity contribution < 1.29 is 19.0 Å². The third kappa shape index (κ3) is 3.21. The van der Waals surface area contributed by atoms with Crippen molar-refractivity contribution in [3.63, 3.8) is 0 Å². The average molecular weight is 213 g/mol. The second kappa shape index (κ2) is 5.31. The van der Waals surface area contributed by atoms with Gasteiger partial charge in [0, 0.05) is 6.07 Å². The molecule has 0 radical (unpaired) electrons. The normalized spacial score (nSPS) is 10.0. The molecular formula is C10H12FNO3. The molecule has 0 aliphatic rings. The summed E-state index contributed by atoms with van der Waals surface area (Å²) in [5.41, 5.74) is 5.20. The standard InChI is InChI=1S/C10H12FNO3/c11-7-2-3-8(10(13)14)9(6-7)15-5-1-4-12/h2-3,6H,1,4-5,12H2,(H,13,14). The van der Waals surface area contributed by atoms with Gasteiger partial charge in [0.05, 0.1) is 6.61 Å². The maximum atomic E-state index is 12.8. The van der Waals surface area contributed by atoms with Crippen LogP contribution in [0.4, 0.5) is 4.39 Å². The SMILES string of the molecule is NCCCOc1cc(F)ccc1C(=O)O. The van der Waals surface area contributed by atoms with Crippen molar-refractivity contribution in [2.75, 3.05) is 13.2 Å². The molecule has 3 N–H and O–H groups in total. The fourth-order valence-electron chi connectivity index (χ4n) is 1.06. The lowest BCUT2D eigenvalue weighted by Gasteiger charge is -2.08. The van der Waals surface area contributed by atoms with Crippen LogP contribution in [0.1, 0.15) is 16.8 Å². The van der Waals surface area contributed by atoms with Gasteiger partial charge >= 0.3 is 5.97 Å². The summed E-state index contributed by atoms with van der Waals surface area (Å²) in [6.45, 7) is 0.720.